The third kappa shape index (κ3) is 3.47. The fourth-order valence-corrected chi connectivity index (χ4v) is 2.25. The normalized spacial score (nSPS) is 19.7. The largest absolute Gasteiger partial charge is 0.481 e. The molecule has 8 heteroatoms. The second-order valence-corrected chi connectivity index (χ2v) is 4.80. The summed E-state index contributed by atoms with van der Waals surface area (Å²) in [6.07, 6.45) is 1.24. The van der Waals surface area contributed by atoms with Gasteiger partial charge in [-0.2, -0.15) is 0 Å². The van der Waals surface area contributed by atoms with Gasteiger partial charge in [0, 0.05) is 13.1 Å². The predicted molar refractivity (Wildman–Crippen MR) is 69.3 cm³/mol. The molecule has 0 saturated carbocycles. The van der Waals surface area contributed by atoms with Crippen LogP contribution in [-0.2, 0) is 16.1 Å². The van der Waals surface area contributed by atoms with E-state index < -0.39 is 5.97 Å². The molecule has 8 nitrogen and oxygen atoms in total. The van der Waals surface area contributed by atoms with Crippen molar-refractivity contribution in [3.05, 3.63) is 24.3 Å². The monoisotopic (exact) mass is 293 g/mol. The molecule has 1 atom stereocenters. The minimum Gasteiger partial charge on any atom is -0.481 e. The number of aliphatic carboxylic acids is 1. The first kappa shape index (κ1) is 13.8. The highest BCUT2D eigenvalue weighted by Crippen LogP contribution is 2.19. The predicted octanol–water partition coefficient (Wildman–Crippen LogP) is 1.01. The van der Waals surface area contributed by atoms with Gasteiger partial charge in [0.1, 0.15) is 0 Å². The second-order valence-electron chi connectivity index (χ2n) is 4.80. The minimum absolute atomic E-state index is 0.00201. The van der Waals surface area contributed by atoms with Crippen molar-refractivity contribution in [1.29, 1.82) is 0 Å². The Morgan fingerprint density at radius 2 is 2.38 bits per heavy atom. The number of morpholine rings is 1. The van der Waals surface area contributed by atoms with Crippen LogP contribution in [0.15, 0.2) is 27.2 Å². The van der Waals surface area contributed by atoms with Crippen LogP contribution in [0, 0.1) is 0 Å². The maximum absolute atomic E-state index is 10.7. The van der Waals surface area contributed by atoms with Crippen molar-refractivity contribution in [1.82, 2.24) is 15.1 Å². The van der Waals surface area contributed by atoms with E-state index in [0.29, 0.717) is 43.8 Å². The van der Waals surface area contributed by atoms with Crippen molar-refractivity contribution in [2.24, 2.45) is 0 Å². The zero-order valence-electron chi connectivity index (χ0n) is 11.3. The zero-order valence-corrected chi connectivity index (χ0v) is 11.3. The van der Waals surface area contributed by atoms with Gasteiger partial charge in [-0.25, -0.2) is 0 Å². The highest BCUT2D eigenvalue weighted by atomic mass is 16.5. The van der Waals surface area contributed by atoms with Gasteiger partial charge < -0.3 is 18.7 Å². The van der Waals surface area contributed by atoms with Gasteiger partial charge in [-0.05, 0) is 12.1 Å². The molecule has 0 spiro atoms. The van der Waals surface area contributed by atoms with Crippen LogP contribution in [0.3, 0.4) is 0 Å². The summed E-state index contributed by atoms with van der Waals surface area (Å²) < 4.78 is 16.1. The van der Waals surface area contributed by atoms with E-state index >= 15 is 0 Å². The van der Waals surface area contributed by atoms with Crippen LogP contribution < -0.4 is 0 Å². The Morgan fingerprint density at radius 3 is 3.14 bits per heavy atom. The van der Waals surface area contributed by atoms with Gasteiger partial charge in [0.05, 0.1) is 31.9 Å². The first-order valence-corrected chi connectivity index (χ1v) is 6.63. The number of nitrogens with zero attached hydrogens (tertiary/aromatic N) is 3. The van der Waals surface area contributed by atoms with Gasteiger partial charge >= 0.3 is 5.97 Å². The second kappa shape index (κ2) is 6.06. The number of carboxylic acid groups (broad SMARTS) is 1. The summed E-state index contributed by atoms with van der Waals surface area (Å²) in [4.78, 5) is 12.8. The molecule has 0 amide bonds. The first-order valence-electron chi connectivity index (χ1n) is 6.63. The molecule has 2 aromatic rings. The smallest absolute Gasteiger partial charge is 0.306 e. The fraction of sp³-hybridized carbons (Fsp3) is 0.462. The highest BCUT2D eigenvalue weighted by Gasteiger charge is 2.24. The van der Waals surface area contributed by atoms with Crippen LogP contribution in [0.5, 0.6) is 0 Å². The van der Waals surface area contributed by atoms with E-state index in [1.165, 1.54) is 6.26 Å². The lowest BCUT2D eigenvalue weighted by Gasteiger charge is -2.31. The quantitative estimate of drug-likeness (QED) is 0.871. The summed E-state index contributed by atoms with van der Waals surface area (Å²) in [5.41, 5.74) is 0. The topological polar surface area (TPSA) is 102 Å². The summed E-state index contributed by atoms with van der Waals surface area (Å²) in [5.74, 6) is 0.474. The Morgan fingerprint density at radius 1 is 1.48 bits per heavy atom. The number of ether oxygens (including phenoxy) is 1. The van der Waals surface area contributed by atoms with Crippen molar-refractivity contribution in [3.8, 4) is 11.7 Å². The number of carbonyl (C=O) groups is 1. The standard InChI is InChI=1S/C13H15N3O5/c17-12(18)6-9-7-16(3-5-19-9)8-11-14-15-13(21-11)10-2-1-4-20-10/h1-2,4,9H,3,5-8H2,(H,17,18). The lowest BCUT2D eigenvalue weighted by molar-refractivity contribution is -0.142. The van der Waals surface area contributed by atoms with E-state index in [0.717, 1.165) is 0 Å². The van der Waals surface area contributed by atoms with E-state index in [1.54, 1.807) is 12.1 Å². The van der Waals surface area contributed by atoms with E-state index in [2.05, 4.69) is 10.2 Å². The van der Waals surface area contributed by atoms with Crippen molar-refractivity contribution >= 4 is 5.97 Å². The molecule has 1 aliphatic heterocycles. The van der Waals surface area contributed by atoms with Crippen LogP contribution in [0.25, 0.3) is 11.7 Å². The van der Waals surface area contributed by atoms with Gasteiger partial charge in [-0.1, -0.05) is 0 Å². The van der Waals surface area contributed by atoms with E-state index in [9.17, 15) is 4.79 Å². The number of carboxylic acids is 1. The molecule has 1 fully saturated rings. The maximum Gasteiger partial charge on any atom is 0.306 e. The van der Waals surface area contributed by atoms with Gasteiger partial charge in [0.2, 0.25) is 5.89 Å². The molecular weight excluding hydrogens is 278 g/mol. The molecule has 0 radical (unpaired) electrons. The third-order valence-corrected chi connectivity index (χ3v) is 3.18. The van der Waals surface area contributed by atoms with E-state index in [-0.39, 0.29) is 12.5 Å². The van der Waals surface area contributed by atoms with E-state index in [4.69, 9.17) is 18.7 Å². The molecule has 0 aliphatic carbocycles. The molecule has 3 rings (SSSR count). The third-order valence-electron chi connectivity index (χ3n) is 3.18. The Hall–Kier alpha value is -2.19. The Kier molecular flexibility index (Phi) is 3.98. The minimum atomic E-state index is -0.861. The SMILES string of the molecule is O=C(O)CC1CN(Cc2nnc(-c3ccco3)o2)CCO1. The van der Waals surface area contributed by atoms with Gasteiger partial charge in [0.25, 0.3) is 5.89 Å². The fourth-order valence-electron chi connectivity index (χ4n) is 2.25. The molecule has 21 heavy (non-hydrogen) atoms. The van der Waals surface area contributed by atoms with Crippen LogP contribution in [0.4, 0.5) is 0 Å². The molecule has 1 unspecified atom stereocenters. The zero-order chi connectivity index (χ0) is 14.7. The molecule has 1 N–H and O–H groups in total. The van der Waals surface area contributed by atoms with Gasteiger partial charge in [-0.3, -0.25) is 9.69 Å². The van der Waals surface area contributed by atoms with Crippen molar-refractivity contribution in [3.63, 3.8) is 0 Å². The van der Waals surface area contributed by atoms with Crippen LogP contribution in [0.2, 0.25) is 0 Å². The summed E-state index contributed by atoms with van der Waals surface area (Å²) in [6.45, 7) is 2.20. The summed E-state index contributed by atoms with van der Waals surface area (Å²) in [6, 6.07) is 3.49. The number of hydrogen-bond donors (Lipinski definition) is 1. The Labute approximate surface area is 120 Å². The summed E-state index contributed by atoms with van der Waals surface area (Å²) in [7, 11) is 0. The lowest BCUT2D eigenvalue weighted by atomic mass is 10.2. The molecule has 0 bridgehead atoms. The molecule has 3 heterocycles. The van der Waals surface area contributed by atoms with Crippen LogP contribution in [-0.4, -0.2) is 52.0 Å². The molecule has 1 aliphatic rings. The number of furan rings is 1. The molecule has 0 aromatic carbocycles. The number of hydrogen-bond acceptors (Lipinski definition) is 7. The summed E-state index contributed by atoms with van der Waals surface area (Å²) in [5, 5.41) is 16.7. The molecule has 112 valence electrons. The Bertz CT molecular complexity index is 595. The first-order chi connectivity index (χ1) is 10.2. The average molecular weight is 293 g/mol. The van der Waals surface area contributed by atoms with Crippen molar-refractivity contribution in [2.75, 3.05) is 19.7 Å². The molecule has 2 aromatic heterocycles. The van der Waals surface area contributed by atoms with Crippen molar-refractivity contribution < 1.29 is 23.5 Å². The average Bonchev–Trinajstić information content (AvgIpc) is 3.08. The maximum atomic E-state index is 10.7. The summed E-state index contributed by atoms with van der Waals surface area (Å²) >= 11 is 0. The van der Waals surface area contributed by atoms with Gasteiger partial charge in [-0.15, -0.1) is 10.2 Å². The highest BCUT2D eigenvalue weighted by molar-refractivity contribution is 5.67. The van der Waals surface area contributed by atoms with Crippen molar-refractivity contribution in [2.45, 2.75) is 19.1 Å². The lowest BCUT2D eigenvalue weighted by Crippen LogP contribution is -2.42. The van der Waals surface area contributed by atoms with E-state index in [1.807, 2.05) is 4.90 Å². The van der Waals surface area contributed by atoms with Crippen LogP contribution >= 0.6 is 0 Å². The Balaban J connectivity index is 1.60. The molecular formula is C13H15N3O5. The number of rotatable bonds is 5. The number of aromatic nitrogens is 2. The van der Waals surface area contributed by atoms with Gasteiger partial charge in [0.15, 0.2) is 5.76 Å². The molecule has 1 saturated heterocycles. The van der Waals surface area contributed by atoms with Crippen LogP contribution in [0.1, 0.15) is 12.3 Å².